The Kier molecular flexibility index (Phi) is 7.84. The Morgan fingerprint density at radius 3 is 2.79 bits per heavy atom. The number of aldehydes is 1. The zero-order valence-electron chi connectivity index (χ0n) is 19.2. The number of thiazole rings is 1. The molecule has 0 aliphatic heterocycles. The normalized spacial score (nSPS) is 11.7. The molecule has 0 saturated heterocycles. The molecule has 0 fully saturated rings. The molecule has 1 amide bonds. The Labute approximate surface area is 199 Å². The van der Waals surface area contributed by atoms with Gasteiger partial charge in [-0.1, -0.05) is 0 Å². The number of nitrogens with one attached hydrogen (secondary N) is 3. The van der Waals surface area contributed by atoms with Crippen molar-refractivity contribution in [3.05, 3.63) is 51.7 Å². The van der Waals surface area contributed by atoms with Crippen LogP contribution in [0, 0.1) is 11.2 Å². The molecule has 178 valence electrons. The van der Waals surface area contributed by atoms with E-state index in [1.165, 1.54) is 41.6 Å². The van der Waals surface area contributed by atoms with Crippen LogP contribution in [0.1, 0.15) is 33.7 Å². The minimum absolute atomic E-state index is 0.0492. The molecule has 3 heterocycles. The zero-order valence-corrected chi connectivity index (χ0v) is 20.0. The number of hydrogen-bond donors (Lipinski definition) is 3. The minimum atomic E-state index is -0.518. The molecule has 0 aromatic carbocycles. The molecule has 0 aliphatic rings. The third-order valence-corrected chi connectivity index (χ3v) is 5.90. The Bertz CT molecular complexity index is 1290. The first-order valence-electron chi connectivity index (χ1n) is 10.3. The lowest BCUT2D eigenvalue weighted by atomic mass is 10.2. The van der Waals surface area contributed by atoms with Crippen LogP contribution >= 0.6 is 11.3 Å². The molecule has 0 radical (unpaired) electrons. The number of carbonyl (C=O) groups is 2. The second kappa shape index (κ2) is 10.8. The number of aryl methyl sites for hydroxylation is 1. The number of aromatic nitrogens is 3. The molecular formula is C22H25FN8O2S. The van der Waals surface area contributed by atoms with Crippen molar-refractivity contribution in [3.8, 4) is 0 Å². The second-order valence-electron chi connectivity index (χ2n) is 7.43. The van der Waals surface area contributed by atoms with E-state index in [1.54, 1.807) is 38.1 Å². The number of hydrogen-bond acceptors (Lipinski definition) is 9. The average Bonchev–Trinajstić information content (AvgIpc) is 3.30. The molecule has 0 bridgehead atoms. The third-order valence-electron chi connectivity index (χ3n) is 4.82. The standard InChI is InChI=1S/C22H25FN8O2S/c1-13(33)27-19-6-5-16(23)17(28-19)11-30(3)26-10-15-18(12-32)31(4)22-21(15)34-20(29-22)7-14(8-24)9-25-2/h5-6,8-10,12,24-25H,7,11H2,1-4H3,(H,27,28,33)/b14-9-,24-8?,26-10-. The van der Waals surface area contributed by atoms with E-state index in [1.807, 2.05) is 0 Å². The van der Waals surface area contributed by atoms with Gasteiger partial charge in [0.1, 0.15) is 16.6 Å². The fourth-order valence-electron chi connectivity index (χ4n) is 3.27. The number of hydrazone groups is 1. The number of rotatable bonds is 10. The summed E-state index contributed by atoms with van der Waals surface area (Å²) in [6, 6.07) is 2.62. The van der Waals surface area contributed by atoms with E-state index in [0.717, 1.165) is 21.6 Å². The van der Waals surface area contributed by atoms with Crippen LogP contribution in [-0.2, 0) is 24.8 Å². The van der Waals surface area contributed by atoms with Gasteiger partial charge >= 0.3 is 0 Å². The molecule has 0 saturated carbocycles. The highest BCUT2D eigenvalue weighted by Gasteiger charge is 2.19. The fourth-order valence-corrected chi connectivity index (χ4v) is 4.42. The Balaban J connectivity index is 1.87. The molecule has 3 N–H and O–H groups in total. The molecule has 0 unspecified atom stereocenters. The van der Waals surface area contributed by atoms with Gasteiger partial charge in [-0.25, -0.2) is 14.4 Å². The van der Waals surface area contributed by atoms with E-state index in [-0.39, 0.29) is 24.0 Å². The highest BCUT2D eigenvalue weighted by Crippen LogP contribution is 2.30. The van der Waals surface area contributed by atoms with Gasteiger partial charge in [0.15, 0.2) is 11.9 Å². The number of carbonyl (C=O) groups excluding carboxylic acids is 2. The van der Waals surface area contributed by atoms with Crippen LogP contribution in [0.25, 0.3) is 10.3 Å². The maximum absolute atomic E-state index is 14.2. The van der Waals surface area contributed by atoms with Crippen LogP contribution in [0.15, 0.2) is 29.0 Å². The van der Waals surface area contributed by atoms with Gasteiger partial charge in [0.05, 0.1) is 28.8 Å². The van der Waals surface area contributed by atoms with E-state index in [4.69, 9.17) is 5.41 Å². The van der Waals surface area contributed by atoms with Gasteiger partial charge in [-0.2, -0.15) is 5.10 Å². The van der Waals surface area contributed by atoms with E-state index >= 15 is 0 Å². The quantitative estimate of drug-likeness (QED) is 0.231. The topological polar surface area (TPSA) is 128 Å². The van der Waals surface area contributed by atoms with Crippen LogP contribution in [0.4, 0.5) is 10.2 Å². The monoisotopic (exact) mass is 484 g/mol. The summed E-state index contributed by atoms with van der Waals surface area (Å²) in [5.74, 6) is -0.567. The minimum Gasteiger partial charge on any atom is -0.394 e. The Hall–Kier alpha value is -3.93. The summed E-state index contributed by atoms with van der Waals surface area (Å²) in [4.78, 5) is 31.8. The van der Waals surface area contributed by atoms with Crippen molar-refractivity contribution < 1.29 is 14.0 Å². The predicted octanol–water partition coefficient (Wildman–Crippen LogP) is 2.70. The number of anilines is 1. The van der Waals surface area contributed by atoms with Gasteiger partial charge in [0, 0.05) is 52.5 Å². The average molecular weight is 485 g/mol. The summed E-state index contributed by atoms with van der Waals surface area (Å²) in [6.07, 6.45) is 5.78. The summed E-state index contributed by atoms with van der Waals surface area (Å²) < 4.78 is 16.7. The van der Waals surface area contributed by atoms with Crippen LogP contribution in [-0.4, -0.2) is 58.3 Å². The number of allylic oxidation sites excluding steroid dienone is 1. The van der Waals surface area contributed by atoms with Gasteiger partial charge in [0.25, 0.3) is 0 Å². The van der Waals surface area contributed by atoms with Crippen LogP contribution in [0.2, 0.25) is 0 Å². The molecule has 0 aliphatic carbocycles. The summed E-state index contributed by atoms with van der Waals surface area (Å²) in [5, 5.41) is 19.6. The van der Waals surface area contributed by atoms with E-state index in [9.17, 15) is 14.0 Å². The molecular weight excluding hydrogens is 459 g/mol. The number of fused-ring (bicyclic) bond motifs is 1. The predicted molar refractivity (Wildman–Crippen MR) is 131 cm³/mol. The van der Waals surface area contributed by atoms with Crippen molar-refractivity contribution in [1.29, 1.82) is 5.41 Å². The first-order chi connectivity index (χ1) is 16.3. The highest BCUT2D eigenvalue weighted by atomic mass is 32.1. The first kappa shape index (κ1) is 24.7. The molecule has 0 atom stereocenters. The van der Waals surface area contributed by atoms with Gasteiger partial charge < -0.3 is 20.6 Å². The van der Waals surface area contributed by atoms with Gasteiger partial charge in [-0.3, -0.25) is 14.6 Å². The van der Waals surface area contributed by atoms with E-state index in [0.29, 0.717) is 23.3 Å². The third kappa shape index (κ3) is 5.52. The van der Waals surface area contributed by atoms with Crippen molar-refractivity contribution in [2.45, 2.75) is 19.9 Å². The number of amides is 1. The second-order valence-corrected chi connectivity index (χ2v) is 8.52. The summed E-state index contributed by atoms with van der Waals surface area (Å²) in [6.45, 7) is 1.40. The van der Waals surface area contributed by atoms with Gasteiger partial charge in [-0.05, 0) is 17.7 Å². The number of pyridine rings is 1. The number of nitrogens with zero attached hydrogens (tertiary/aromatic N) is 5. The lowest BCUT2D eigenvalue weighted by molar-refractivity contribution is -0.114. The SMILES string of the molecule is CN/C=C(\C=N)Cc1nc2c(s1)c(/C=N\N(C)Cc1nc(NC(C)=O)ccc1F)c(C=O)n2C. The number of halogens is 1. The lowest BCUT2D eigenvalue weighted by Gasteiger charge is -2.13. The Morgan fingerprint density at radius 1 is 1.38 bits per heavy atom. The molecule has 3 aromatic rings. The Morgan fingerprint density at radius 2 is 2.15 bits per heavy atom. The summed E-state index contributed by atoms with van der Waals surface area (Å²) in [5.41, 5.74) is 2.57. The molecule has 3 rings (SSSR count). The van der Waals surface area contributed by atoms with Crippen molar-refractivity contribution in [2.75, 3.05) is 19.4 Å². The van der Waals surface area contributed by atoms with Crippen molar-refractivity contribution in [1.82, 2.24) is 24.9 Å². The van der Waals surface area contributed by atoms with Crippen molar-refractivity contribution in [2.24, 2.45) is 12.1 Å². The molecule has 3 aromatic heterocycles. The van der Waals surface area contributed by atoms with Gasteiger partial charge in [-0.15, -0.1) is 11.3 Å². The van der Waals surface area contributed by atoms with Crippen molar-refractivity contribution in [3.63, 3.8) is 0 Å². The smallest absolute Gasteiger partial charge is 0.222 e. The van der Waals surface area contributed by atoms with Gasteiger partial charge in [0.2, 0.25) is 5.91 Å². The fraction of sp³-hybridized carbons (Fsp3) is 0.273. The van der Waals surface area contributed by atoms with Crippen LogP contribution in [0.5, 0.6) is 0 Å². The summed E-state index contributed by atoms with van der Waals surface area (Å²) in [7, 11) is 5.17. The van der Waals surface area contributed by atoms with Crippen LogP contribution < -0.4 is 10.6 Å². The summed E-state index contributed by atoms with van der Waals surface area (Å²) >= 11 is 1.42. The largest absolute Gasteiger partial charge is 0.394 e. The molecule has 10 nitrogen and oxygen atoms in total. The van der Waals surface area contributed by atoms with E-state index in [2.05, 4.69) is 25.7 Å². The molecule has 34 heavy (non-hydrogen) atoms. The zero-order chi connectivity index (χ0) is 24.8. The molecule has 0 spiro atoms. The van der Waals surface area contributed by atoms with E-state index < -0.39 is 5.82 Å². The first-order valence-corrected chi connectivity index (χ1v) is 11.1. The van der Waals surface area contributed by atoms with Crippen molar-refractivity contribution >= 4 is 52.1 Å². The maximum Gasteiger partial charge on any atom is 0.222 e. The van der Waals surface area contributed by atoms with Crippen LogP contribution in [0.3, 0.4) is 0 Å². The lowest BCUT2D eigenvalue weighted by Crippen LogP contribution is -2.15. The highest BCUT2D eigenvalue weighted by molar-refractivity contribution is 7.19. The molecule has 12 heteroatoms. The maximum atomic E-state index is 14.2.